The summed E-state index contributed by atoms with van der Waals surface area (Å²) in [5.41, 5.74) is 0.733. The standard InChI is InChI=1S/C20H32N2O4S/c1-4-5-13-26-19-8-6-7-18(14-19)21-20(23)16-9-11-17(12-10-16)22-27(24,25)15(2)3/h6-8,14-17,22H,4-5,9-13H2,1-3H3,(H,21,23). The number of hydrogen-bond donors (Lipinski definition) is 2. The van der Waals surface area contributed by atoms with E-state index < -0.39 is 15.3 Å². The van der Waals surface area contributed by atoms with Crippen LogP contribution in [-0.2, 0) is 14.8 Å². The molecule has 1 amide bonds. The average molecular weight is 397 g/mol. The average Bonchev–Trinajstić information content (AvgIpc) is 2.62. The fourth-order valence-electron chi connectivity index (χ4n) is 3.08. The van der Waals surface area contributed by atoms with E-state index in [1.165, 1.54) is 0 Å². The van der Waals surface area contributed by atoms with Gasteiger partial charge in [0.25, 0.3) is 0 Å². The minimum atomic E-state index is -3.26. The number of ether oxygens (including phenoxy) is 1. The van der Waals surface area contributed by atoms with Crippen molar-refractivity contribution in [2.24, 2.45) is 5.92 Å². The Morgan fingerprint density at radius 1 is 1.22 bits per heavy atom. The summed E-state index contributed by atoms with van der Waals surface area (Å²) < 4.78 is 32.4. The molecule has 0 bridgehead atoms. The van der Waals surface area contributed by atoms with Crippen molar-refractivity contribution in [3.8, 4) is 5.75 Å². The molecule has 1 aliphatic carbocycles. The second-order valence-corrected chi connectivity index (χ2v) is 9.75. The molecule has 1 aliphatic rings. The second kappa shape index (κ2) is 10.1. The SMILES string of the molecule is CCCCOc1cccc(NC(=O)C2CCC(NS(=O)(=O)C(C)C)CC2)c1. The Balaban J connectivity index is 1.83. The van der Waals surface area contributed by atoms with Gasteiger partial charge in [0.05, 0.1) is 11.9 Å². The van der Waals surface area contributed by atoms with E-state index in [9.17, 15) is 13.2 Å². The largest absolute Gasteiger partial charge is 0.494 e. The molecule has 2 rings (SSSR count). The molecule has 1 saturated carbocycles. The molecule has 27 heavy (non-hydrogen) atoms. The third-order valence-electron chi connectivity index (χ3n) is 4.92. The molecular weight excluding hydrogens is 364 g/mol. The van der Waals surface area contributed by atoms with E-state index in [-0.39, 0.29) is 17.9 Å². The van der Waals surface area contributed by atoms with Crippen LogP contribution in [0.4, 0.5) is 5.69 Å². The summed E-state index contributed by atoms with van der Waals surface area (Å²) in [4.78, 5) is 12.5. The summed E-state index contributed by atoms with van der Waals surface area (Å²) >= 11 is 0. The molecule has 0 radical (unpaired) electrons. The van der Waals surface area contributed by atoms with Gasteiger partial charge in [-0.05, 0) is 58.1 Å². The van der Waals surface area contributed by atoms with E-state index in [1.807, 2.05) is 24.3 Å². The summed E-state index contributed by atoms with van der Waals surface area (Å²) in [5.74, 6) is 0.661. The van der Waals surface area contributed by atoms with Crippen molar-refractivity contribution in [1.82, 2.24) is 4.72 Å². The molecule has 0 aromatic heterocycles. The lowest BCUT2D eigenvalue weighted by Gasteiger charge is -2.28. The third kappa shape index (κ3) is 6.81. The minimum absolute atomic E-state index is 0.00845. The first-order chi connectivity index (χ1) is 12.8. The first kappa shape index (κ1) is 21.7. The number of rotatable bonds is 9. The molecule has 152 valence electrons. The van der Waals surface area contributed by atoms with Crippen LogP contribution in [0.2, 0.25) is 0 Å². The molecule has 1 fully saturated rings. The zero-order chi connectivity index (χ0) is 19.9. The highest BCUT2D eigenvalue weighted by atomic mass is 32.2. The fraction of sp³-hybridized carbons (Fsp3) is 0.650. The molecule has 0 saturated heterocycles. The Kier molecular flexibility index (Phi) is 8.10. The van der Waals surface area contributed by atoms with E-state index in [0.717, 1.165) is 24.3 Å². The Morgan fingerprint density at radius 3 is 2.56 bits per heavy atom. The van der Waals surface area contributed by atoms with Crippen LogP contribution < -0.4 is 14.8 Å². The quantitative estimate of drug-likeness (QED) is 0.624. The van der Waals surface area contributed by atoms with Gasteiger partial charge in [0.2, 0.25) is 15.9 Å². The van der Waals surface area contributed by atoms with Crippen LogP contribution in [0.5, 0.6) is 5.75 Å². The molecule has 2 N–H and O–H groups in total. The molecule has 1 aromatic rings. The molecule has 0 heterocycles. The van der Waals surface area contributed by atoms with Gasteiger partial charge in [0.15, 0.2) is 0 Å². The van der Waals surface area contributed by atoms with Gasteiger partial charge in [0, 0.05) is 23.7 Å². The van der Waals surface area contributed by atoms with Gasteiger partial charge < -0.3 is 10.1 Å². The number of anilines is 1. The fourth-order valence-corrected chi connectivity index (χ4v) is 4.06. The van der Waals surface area contributed by atoms with Crippen molar-refractivity contribution in [2.45, 2.75) is 70.6 Å². The number of hydrogen-bond acceptors (Lipinski definition) is 4. The van der Waals surface area contributed by atoms with Gasteiger partial charge in [-0.3, -0.25) is 4.79 Å². The highest BCUT2D eigenvalue weighted by Crippen LogP contribution is 2.27. The molecular formula is C20H32N2O4S. The van der Waals surface area contributed by atoms with Crippen LogP contribution in [0.1, 0.15) is 59.3 Å². The highest BCUT2D eigenvalue weighted by molar-refractivity contribution is 7.90. The maximum absolute atomic E-state index is 12.5. The van der Waals surface area contributed by atoms with E-state index in [4.69, 9.17) is 4.74 Å². The van der Waals surface area contributed by atoms with Crippen molar-refractivity contribution >= 4 is 21.6 Å². The number of carbonyl (C=O) groups excluding carboxylic acids is 1. The third-order valence-corrected chi connectivity index (χ3v) is 6.82. The summed E-state index contributed by atoms with van der Waals surface area (Å²) in [6.07, 6.45) is 4.81. The summed E-state index contributed by atoms with van der Waals surface area (Å²) in [6, 6.07) is 7.38. The van der Waals surface area contributed by atoms with Crippen LogP contribution in [0.15, 0.2) is 24.3 Å². The summed E-state index contributed by atoms with van der Waals surface area (Å²) in [7, 11) is -3.26. The number of nitrogens with one attached hydrogen (secondary N) is 2. The van der Waals surface area contributed by atoms with E-state index in [2.05, 4.69) is 17.0 Å². The highest BCUT2D eigenvalue weighted by Gasteiger charge is 2.29. The predicted molar refractivity (Wildman–Crippen MR) is 108 cm³/mol. The number of sulfonamides is 1. The topological polar surface area (TPSA) is 84.5 Å². The maximum Gasteiger partial charge on any atom is 0.227 e. The number of amides is 1. The summed E-state index contributed by atoms with van der Waals surface area (Å²) in [6.45, 7) is 6.12. The lowest BCUT2D eigenvalue weighted by molar-refractivity contribution is -0.120. The van der Waals surface area contributed by atoms with Gasteiger partial charge in [-0.1, -0.05) is 19.4 Å². The second-order valence-electron chi connectivity index (χ2n) is 7.48. The Morgan fingerprint density at radius 2 is 1.93 bits per heavy atom. The van der Waals surface area contributed by atoms with Gasteiger partial charge >= 0.3 is 0 Å². The van der Waals surface area contributed by atoms with Crippen molar-refractivity contribution in [3.63, 3.8) is 0 Å². The van der Waals surface area contributed by atoms with E-state index in [1.54, 1.807) is 13.8 Å². The normalized spacial score (nSPS) is 20.4. The monoisotopic (exact) mass is 396 g/mol. The van der Waals surface area contributed by atoms with Crippen LogP contribution in [-0.4, -0.2) is 32.2 Å². The first-order valence-corrected chi connectivity index (χ1v) is 11.4. The molecule has 0 aliphatic heterocycles. The Bertz CT molecular complexity index is 710. The van der Waals surface area contributed by atoms with Crippen molar-refractivity contribution < 1.29 is 17.9 Å². The van der Waals surface area contributed by atoms with E-state index in [0.29, 0.717) is 32.3 Å². The van der Waals surface area contributed by atoms with Gasteiger partial charge in [-0.15, -0.1) is 0 Å². The molecule has 6 nitrogen and oxygen atoms in total. The van der Waals surface area contributed by atoms with Crippen molar-refractivity contribution in [1.29, 1.82) is 0 Å². The Labute approximate surface area is 163 Å². The van der Waals surface area contributed by atoms with Gasteiger partial charge in [-0.2, -0.15) is 0 Å². The number of carbonyl (C=O) groups is 1. The minimum Gasteiger partial charge on any atom is -0.494 e. The zero-order valence-electron chi connectivity index (χ0n) is 16.5. The molecule has 0 atom stereocenters. The van der Waals surface area contributed by atoms with Crippen molar-refractivity contribution in [3.05, 3.63) is 24.3 Å². The maximum atomic E-state index is 12.5. The molecule has 7 heteroatoms. The molecule has 0 spiro atoms. The first-order valence-electron chi connectivity index (χ1n) is 9.86. The smallest absolute Gasteiger partial charge is 0.227 e. The number of benzene rings is 1. The van der Waals surface area contributed by atoms with Gasteiger partial charge in [-0.25, -0.2) is 13.1 Å². The predicted octanol–water partition coefficient (Wildman–Crippen LogP) is 3.69. The molecule has 0 unspecified atom stereocenters. The van der Waals surface area contributed by atoms with Crippen LogP contribution in [0.3, 0.4) is 0 Å². The van der Waals surface area contributed by atoms with Gasteiger partial charge in [0.1, 0.15) is 5.75 Å². The van der Waals surface area contributed by atoms with Crippen LogP contribution >= 0.6 is 0 Å². The summed E-state index contributed by atoms with van der Waals surface area (Å²) in [5, 5.41) is 2.53. The number of unbranched alkanes of at least 4 members (excludes halogenated alkanes) is 1. The Hall–Kier alpha value is -1.60. The van der Waals surface area contributed by atoms with E-state index >= 15 is 0 Å². The molecule has 1 aromatic carbocycles. The van der Waals surface area contributed by atoms with Crippen LogP contribution in [0, 0.1) is 5.92 Å². The zero-order valence-corrected chi connectivity index (χ0v) is 17.3. The van der Waals surface area contributed by atoms with Crippen LogP contribution in [0.25, 0.3) is 0 Å². The lowest BCUT2D eigenvalue weighted by atomic mass is 9.86. The lowest BCUT2D eigenvalue weighted by Crippen LogP contribution is -2.42. The van der Waals surface area contributed by atoms with Crippen molar-refractivity contribution in [2.75, 3.05) is 11.9 Å².